The molecule has 0 aromatic carbocycles. The van der Waals surface area contributed by atoms with Gasteiger partial charge in [0.05, 0.1) is 5.33 Å². The van der Waals surface area contributed by atoms with E-state index in [4.69, 9.17) is 0 Å². The molecule has 0 heterocycles. The monoisotopic (exact) mass is 230 g/mol. The maximum atomic E-state index is 11.4. The van der Waals surface area contributed by atoms with Crippen LogP contribution in [0.2, 0.25) is 0 Å². The van der Waals surface area contributed by atoms with E-state index in [1.165, 1.54) is 25.7 Å². The lowest BCUT2D eigenvalue weighted by atomic mass is 9.78. The van der Waals surface area contributed by atoms with Gasteiger partial charge in [-0.1, -0.05) is 15.9 Å². The van der Waals surface area contributed by atoms with Crippen LogP contribution >= 0.6 is 15.9 Å². The average molecular weight is 231 g/mol. The molecule has 0 aromatic rings. The summed E-state index contributed by atoms with van der Waals surface area (Å²) in [5, 5.41) is 0.560. The largest absolute Gasteiger partial charge is 0.298 e. The van der Waals surface area contributed by atoms with Crippen molar-refractivity contribution in [2.24, 2.45) is 11.3 Å². The van der Waals surface area contributed by atoms with Crippen LogP contribution in [0.25, 0.3) is 0 Å². The Hall–Kier alpha value is 0.150. The number of hydrogen-bond donors (Lipinski definition) is 0. The SMILES string of the molecule is O=C(CBr)C1CCC2(CC1)CC2. The summed E-state index contributed by atoms with van der Waals surface area (Å²) in [6.45, 7) is 0. The Kier molecular flexibility index (Phi) is 2.28. The van der Waals surface area contributed by atoms with E-state index in [9.17, 15) is 4.79 Å². The molecular formula is C10H15BrO. The predicted molar refractivity (Wildman–Crippen MR) is 52.4 cm³/mol. The van der Waals surface area contributed by atoms with Gasteiger partial charge in [-0.25, -0.2) is 0 Å². The molecule has 0 unspecified atom stereocenters. The van der Waals surface area contributed by atoms with E-state index in [0.717, 1.165) is 18.3 Å². The molecule has 0 bridgehead atoms. The number of rotatable bonds is 2. The lowest BCUT2D eigenvalue weighted by Gasteiger charge is -2.26. The molecule has 2 heteroatoms. The van der Waals surface area contributed by atoms with Gasteiger partial charge in [0.1, 0.15) is 5.78 Å². The number of hydrogen-bond acceptors (Lipinski definition) is 1. The first-order valence-electron chi connectivity index (χ1n) is 4.84. The van der Waals surface area contributed by atoms with E-state index in [2.05, 4.69) is 15.9 Å². The maximum absolute atomic E-state index is 11.4. The second kappa shape index (κ2) is 3.13. The minimum absolute atomic E-state index is 0.385. The molecule has 12 heavy (non-hydrogen) atoms. The number of carbonyl (C=O) groups is 1. The fraction of sp³-hybridized carbons (Fsp3) is 0.900. The lowest BCUT2D eigenvalue weighted by molar-refractivity contribution is -0.121. The van der Waals surface area contributed by atoms with Gasteiger partial charge in [-0.15, -0.1) is 0 Å². The predicted octanol–water partition coefficient (Wildman–Crippen LogP) is 2.92. The highest BCUT2D eigenvalue weighted by atomic mass is 79.9. The van der Waals surface area contributed by atoms with Crippen molar-refractivity contribution in [2.45, 2.75) is 38.5 Å². The third-order valence-electron chi connectivity index (χ3n) is 3.59. The van der Waals surface area contributed by atoms with E-state index in [0.29, 0.717) is 17.0 Å². The Morgan fingerprint density at radius 2 is 1.83 bits per heavy atom. The standard InChI is InChI=1S/C10H15BrO/c11-7-9(12)8-1-3-10(4-2-8)5-6-10/h8H,1-7H2. The summed E-state index contributed by atoms with van der Waals surface area (Å²) in [6, 6.07) is 0. The minimum Gasteiger partial charge on any atom is -0.298 e. The quantitative estimate of drug-likeness (QED) is 0.668. The summed E-state index contributed by atoms with van der Waals surface area (Å²) < 4.78 is 0. The molecule has 0 aromatic heterocycles. The van der Waals surface area contributed by atoms with Crippen molar-refractivity contribution in [1.29, 1.82) is 0 Å². The molecule has 68 valence electrons. The molecule has 0 atom stereocenters. The van der Waals surface area contributed by atoms with Crippen LogP contribution in [0.5, 0.6) is 0 Å². The van der Waals surface area contributed by atoms with Crippen molar-refractivity contribution in [3.63, 3.8) is 0 Å². The van der Waals surface area contributed by atoms with Gasteiger partial charge in [-0.2, -0.15) is 0 Å². The fourth-order valence-corrected chi connectivity index (χ4v) is 2.80. The summed E-state index contributed by atoms with van der Waals surface area (Å²) in [7, 11) is 0. The van der Waals surface area contributed by atoms with Crippen LogP contribution in [0.1, 0.15) is 38.5 Å². The summed E-state index contributed by atoms with van der Waals surface area (Å²) in [5.74, 6) is 0.807. The molecule has 0 radical (unpaired) electrons. The van der Waals surface area contributed by atoms with Crippen LogP contribution in [0.15, 0.2) is 0 Å². The van der Waals surface area contributed by atoms with Gasteiger partial charge in [0, 0.05) is 5.92 Å². The summed E-state index contributed by atoms with van der Waals surface area (Å²) in [4.78, 5) is 11.4. The Labute approximate surface area is 82.0 Å². The normalized spacial score (nSPS) is 27.4. The molecule has 2 aliphatic rings. The van der Waals surface area contributed by atoms with Gasteiger partial charge < -0.3 is 0 Å². The topological polar surface area (TPSA) is 17.1 Å². The fourth-order valence-electron chi connectivity index (χ4n) is 2.34. The molecular weight excluding hydrogens is 216 g/mol. The second-order valence-electron chi connectivity index (χ2n) is 4.37. The zero-order valence-corrected chi connectivity index (χ0v) is 8.90. The third-order valence-corrected chi connectivity index (χ3v) is 4.14. The van der Waals surface area contributed by atoms with Crippen molar-refractivity contribution in [3.05, 3.63) is 0 Å². The Bertz CT molecular complexity index is 186. The first-order valence-corrected chi connectivity index (χ1v) is 5.97. The Morgan fingerprint density at radius 3 is 2.25 bits per heavy atom. The van der Waals surface area contributed by atoms with Crippen molar-refractivity contribution < 1.29 is 4.79 Å². The van der Waals surface area contributed by atoms with Gasteiger partial charge in [0.25, 0.3) is 0 Å². The molecule has 1 nitrogen and oxygen atoms in total. The average Bonchev–Trinajstić information content (AvgIpc) is 2.85. The number of carbonyl (C=O) groups excluding carboxylic acids is 1. The number of ketones is 1. The summed E-state index contributed by atoms with van der Waals surface area (Å²) >= 11 is 3.24. The van der Waals surface area contributed by atoms with Gasteiger partial charge in [0.2, 0.25) is 0 Å². The zero-order chi connectivity index (χ0) is 8.60. The number of alkyl halides is 1. The molecule has 2 aliphatic carbocycles. The molecule has 0 aliphatic heterocycles. The number of Topliss-reactive ketones (excluding diaryl/α,β-unsaturated/α-hetero) is 1. The molecule has 2 saturated carbocycles. The van der Waals surface area contributed by atoms with Crippen LogP contribution in [0.4, 0.5) is 0 Å². The molecule has 0 saturated heterocycles. The van der Waals surface area contributed by atoms with Crippen LogP contribution in [0.3, 0.4) is 0 Å². The highest BCUT2D eigenvalue weighted by Gasteiger charge is 2.45. The maximum Gasteiger partial charge on any atom is 0.146 e. The molecule has 0 N–H and O–H groups in total. The van der Waals surface area contributed by atoms with Gasteiger partial charge >= 0.3 is 0 Å². The summed E-state index contributed by atoms with van der Waals surface area (Å²) in [5.41, 5.74) is 0.725. The smallest absolute Gasteiger partial charge is 0.146 e. The van der Waals surface area contributed by atoms with Crippen molar-refractivity contribution in [3.8, 4) is 0 Å². The Balaban J connectivity index is 1.85. The first kappa shape index (κ1) is 8.74. The highest BCUT2D eigenvalue weighted by molar-refractivity contribution is 9.09. The molecule has 0 amide bonds. The third kappa shape index (κ3) is 1.59. The van der Waals surface area contributed by atoms with E-state index >= 15 is 0 Å². The second-order valence-corrected chi connectivity index (χ2v) is 4.93. The molecule has 1 spiro atoms. The van der Waals surface area contributed by atoms with Crippen LogP contribution in [0, 0.1) is 11.3 Å². The van der Waals surface area contributed by atoms with Crippen LogP contribution < -0.4 is 0 Å². The minimum atomic E-state index is 0.385. The van der Waals surface area contributed by atoms with Gasteiger partial charge in [0.15, 0.2) is 0 Å². The van der Waals surface area contributed by atoms with Crippen molar-refractivity contribution >= 4 is 21.7 Å². The van der Waals surface area contributed by atoms with Gasteiger partial charge in [-0.05, 0) is 43.9 Å². The van der Waals surface area contributed by atoms with E-state index in [1.54, 1.807) is 0 Å². The molecule has 2 fully saturated rings. The van der Waals surface area contributed by atoms with E-state index in [1.807, 2.05) is 0 Å². The molecule has 2 rings (SSSR count). The van der Waals surface area contributed by atoms with E-state index < -0.39 is 0 Å². The Morgan fingerprint density at radius 1 is 1.25 bits per heavy atom. The van der Waals surface area contributed by atoms with Crippen LogP contribution in [-0.4, -0.2) is 11.1 Å². The zero-order valence-electron chi connectivity index (χ0n) is 7.31. The summed E-state index contributed by atoms with van der Waals surface area (Å²) in [6.07, 6.45) is 7.81. The highest BCUT2D eigenvalue weighted by Crippen LogP contribution is 2.57. The van der Waals surface area contributed by atoms with E-state index in [-0.39, 0.29) is 0 Å². The first-order chi connectivity index (χ1) is 5.76. The van der Waals surface area contributed by atoms with Gasteiger partial charge in [-0.3, -0.25) is 4.79 Å². The van der Waals surface area contributed by atoms with Crippen LogP contribution in [-0.2, 0) is 4.79 Å². The van der Waals surface area contributed by atoms with Crippen molar-refractivity contribution in [1.82, 2.24) is 0 Å². The number of halogens is 1. The van der Waals surface area contributed by atoms with Crippen molar-refractivity contribution in [2.75, 3.05) is 5.33 Å². The lowest BCUT2D eigenvalue weighted by Crippen LogP contribution is -2.23.